The van der Waals surface area contributed by atoms with E-state index >= 15 is 0 Å². The molecule has 0 spiro atoms. The zero-order chi connectivity index (χ0) is 17.9. The molecule has 26 heavy (non-hydrogen) atoms. The fourth-order valence-corrected chi connectivity index (χ4v) is 3.05. The molecule has 0 saturated carbocycles. The summed E-state index contributed by atoms with van der Waals surface area (Å²) in [7, 11) is 1.64. The third-order valence-electron chi connectivity index (χ3n) is 4.63. The van der Waals surface area contributed by atoms with Crippen molar-refractivity contribution in [3.05, 3.63) is 42.6 Å². The average molecular weight is 351 g/mol. The van der Waals surface area contributed by atoms with Crippen molar-refractivity contribution in [1.29, 1.82) is 0 Å². The standard InChI is InChI=1S/C19H21N5O2/c1-25-16-4-2-13(3-5-16)18-22-19(26-23-18)14-6-9-21-17(12-14)24-10-7-15(20)8-11-24/h2-6,9,12,15H,7-8,10-11,20H2,1H3. The van der Waals surface area contributed by atoms with E-state index in [4.69, 9.17) is 15.0 Å². The van der Waals surface area contributed by atoms with Gasteiger partial charge in [-0.2, -0.15) is 4.98 Å². The lowest BCUT2D eigenvalue weighted by molar-refractivity contribution is 0.415. The van der Waals surface area contributed by atoms with Gasteiger partial charge in [0.15, 0.2) is 0 Å². The summed E-state index contributed by atoms with van der Waals surface area (Å²) in [5, 5.41) is 4.09. The quantitative estimate of drug-likeness (QED) is 0.773. The number of aromatic nitrogens is 3. The maximum Gasteiger partial charge on any atom is 0.258 e. The largest absolute Gasteiger partial charge is 0.497 e. The second-order valence-corrected chi connectivity index (χ2v) is 6.38. The number of nitrogens with zero attached hydrogens (tertiary/aromatic N) is 4. The first kappa shape index (κ1) is 16.5. The molecular weight excluding hydrogens is 330 g/mol. The van der Waals surface area contributed by atoms with E-state index in [0.29, 0.717) is 11.7 Å². The van der Waals surface area contributed by atoms with Gasteiger partial charge in [0, 0.05) is 36.5 Å². The molecule has 7 heteroatoms. The second kappa shape index (κ2) is 7.13. The van der Waals surface area contributed by atoms with Gasteiger partial charge >= 0.3 is 0 Å². The van der Waals surface area contributed by atoms with Crippen LogP contribution in [0.5, 0.6) is 5.75 Å². The molecular formula is C19H21N5O2. The van der Waals surface area contributed by atoms with Crippen molar-refractivity contribution in [3.8, 4) is 28.6 Å². The van der Waals surface area contributed by atoms with Crippen molar-refractivity contribution in [1.82, 2.24) is 15.1 Å². The molecule has 1 aliphatic rings. The van der Waals surface area contributed by atoms with E-state index in [1.807, 2.05) is 36.4 Å². The Hall–Kier alpha value is -2.93. The van der Waals surface area contributed by atoms with Gasteiger partial charge in [0.05, 0.1) is 7.11 Å². The number of benzene rings is 1. The molecule has 2 N–H and O–H groups in total. The molecule has 0 bridgehead atoms. The molecule has 0 amide bonds. The van der Waals surface area contributed by atoms with Gasteiger partial charge in [0.25, 0.3) is 5.89 Å². The second-order valence-electron chi connectivity index (χ2n) is 6.38. The van der Waals surface area contributed by atoms with Crippen molar-refractivity contribution in [2.24, 2.45) is 5.73 Å². The van der Waals surface area contributed by atoms with Crippen molar-refractivity contribution in [3.63, 3.8) is 0 Å². The lowest BCUT2D eigenvalue weighted by Crippen LogP contribution is -2.40. The zero-order valence-electron chi connectivity index (χ0n) is 14.6. The number of nitrogens with two attached hydrogens (primary N) is 1. The molecule has 1 fully saturated rings. The number of methoxy groups -OCH3 is 1. The lowest BCUT2D eigenvalue weighted by Gasteiger charge is -2.31. The van der Waals surface area contributed by atoms with E-state index in [0.717, 1.165) is 48.6 Å². The van der Waals surface area contributed by atoms with E-state index in [2.05, 4.69) is 20.0 Å². The van der Waals surface area contributed by atoms with Crippen molar-refractivity contribution < 1.29 is 9.26 Å². The Morgan fingerprint density at radius 2 is 1.88 bits per heavy atom. The van der Waals surface area contributed by atoms with Crippen molar-refractivity contribution in [2.75, 3.05) is 25.1 Å². The minimum absolute atomic E-state index is 0.289. The summed E-state index contributed by atoms with van der Waals surface area (Å²) in [5.74, 6) is 2.73. The van der Waals surface area contributed by atoms with Crippen LogP contribution in [0.1, 0.15) is 12.8 Å². The van der Waals surface area contributed by atoms with Gasteiger partial charge in [0.2, 0.25) is 5.82 Å². The monoisotopic (exact) mass is 351 g/mol. The molecule has 134 valence electrons. The summed E-state index contributed by atoms with van der Waals surface area (Å²) in [6.45, 7) is 1.83. The summed E-state index contributed by atoms with van der Waals surface area (Å²) in [6, 6.07) is 11.7. The summed E-state index contributed by atoms with van der Waals surface area (Å²) in [6.07, 6.45) is 3.73. The van der Waals surface area contributed by atoms with Gasteiger partial charge in [0.1, 0.15) is 11.6 Å². The van der Waals surface area contributed by atoms with Crippen LogP contribution in [-0.4, -0.2) is 41.4 Å². The molecule has 0 aliphatic carbocycles. The average Bonchev–Trinajstić information content (AvgIpc) is 3.19. The number of pyridine rings is 1. The van der Waals surface area contributed by atoms with Gasteiger partial charge in [-0.3, -0.25) is 0 Å². The summed E-state index contributed by atoms with van der Waals surface area (Å²) < 4.78 is 10.6. The summed E-state index contributed by atoms with van der Waals surface area (Å²) >= 11 is 0. The Labute approximate surface area is 151 Å². The minimum Gasteiger partial charge on any atom is -0.497 e. The molecule has 1 aliphatic heterocycles. The molecule has 0 radical (unpaired) electrons. The summed E-state index contributed by atoms with van der Waals surface area (Å²) in [5.41, 5.74) is 7.72. The Kier molecular flexibility index (Phi) is 4.53. The van der Waals surface area contributed by atoms with Crippen LogP contribution in [0.3, 0.4) is 0 Å². The van der Waals surface area contributed by atoms with Gasteiger partial charge < -0.3 is 19.9 Å². The predicted octanol–water partition coefficient (Wildman–Crippen LogP) is 2.73. The molecule has 7 nitrogen and oxygen atoms in total. The number of piperidine rings is 1. The molecule has 2 aromatic heterocycles. The smallest absolute Gasteiger partial charge is 0.258 e. The van der Waals surface area contributed by atoms with E-state index in [-0.39, 0.29) is 6.04 Å². The first-order valence-electron chi connectivity index (χ1n) is 8.68. The van der Waals surface area contributed by atoms with E-state index in [1.54, 1.807) is 13.3 Å². The highest BCUT2D eigenvalue weighted by Gasteiger charge is 2.18. The third kappa shape index (κ3) is 3.39. The molecule has 0 atom stereocenters. The van der Waals surface area contributed by atoms with Crippen molar-refractivity contribution in [2.45, 2.75) is 18.9 Å². The van der Waals surface area contributed by atoms with Crippen LogP contribution in [-0.2, 0) is 0 Å². The predicted molar refractivity (Wildman–Crippen MR) is 98.9 cm³/mol. The van der Waals surface area contributed by atoms with Crippen LogP contribution < -0.4 is 15.4 Å². The molecule has 0 unspecified atom stereocenters. The molecule has 1 saturated heterocycles. The van der Waals surface area contributed by atoms with Crippen LogP contribution in [0, 0.1) is 0 Å². The Bertz CT molecular complexity index is 870. The van der Waals surface area contributed by atoms with Gasteiger partial charge in [-0.25, -0.2) is 4.98 Å². The van der Waals surface area contributed by atoms with Gasteiger partial charge in [-0.05, 0) is 49.2 Å². The number of hydrogen-bond donors (Lipinski definition) is 1. The highest BCUT2D eigenvalue weighted by Crippen LogP contribution is 2.26. The maximum atomic E-state index is 5.98. The maximum absolute atomic E-state index is 5.98. The fraction of sp³-hybridized carbons (Fsp3) is 0.316. The highest BCUT2D eigenvalue weighted by molar-refractivity contribution is 5.62. The Balaban J connectivity index is 1.56. The third-order valence-corrected chi connectivity index (χ3v) is 4.63. The number of anilines is 1. The van der Waals surface area contributed by atoms with Crippen LogP contribution in [0.15, 0.2) is 47.1 Å². The van der Waals surface area contributed by atoms with Crippen LogP contribution in [0.4, 0.5) is 5.82 Å². The molecule has 3 heterocycles. The van der Waals surface area contributed by atoms with E-state index < -0.39 is 0 Å². The number of hydrogen-bond acceptors (Lipinski definition) is 7. The van der Waals surface area contributed by atoms with Crippen LogP contribution in [0.25, 0.3) is 22.8 Å². The van der Waals surface area contributed by atoms with Gasteiger partial charge in [-0.15, -0.1) is 0 Å². The zero-order valence-corrected chi connectivity index (χ0v) is 14.6. The normalized spacial score (nSPS) is 15.2. The number of ether oxygens (including phenoxy) is 1. The molecule has 3 aromatic rings. The van der Waals surface area contributed by atoms with E-state index in [9.17, 15) is 0 Å². The summed E-state index contributed by atoms with van der Waals surface area (Å²) in [4.78, 5) is 11.2. The SMILES string of the molecule is COc1ccc(-c2noc(-c3ccnc(N4CCC(N)CC4)c3)n2)cc1. The van der Waals surface area contributed by atoms with E-state index in [1.165, 1.54) is 0 Å². The fourth-order valence-electron chi connectivity index (χ4n) is 3.05. The molecule has 1 aromatic carbocycles. The van der Waals surface area contributed by atoms with Crippen LogP contribution >= 0.6 is 0 Å². The first-order valence-corrected chi connectivity index (χ1v) is 8.68. The first-order chi connectivity index (χ1) is 12.7. The number of rotatable bonds is 4. The minimum atomic E-state index is 0.289. The Morgan fingerprint density at radius 1 is 1.12 bits per heavy atom. The van der Waals surface area contributed by atoms with Crippen molar-refractivity contribution >= 4 is 5.82 Å². The molecule has 4 rings (SSSR count). The lowest BCUT2D eigenvalue weighted by atomic mass is 10.1. The Morgan fingerprint density at radius 3 is 2.62 bits per heavy atom. The van der Waals surface area contributed by atoms with Crippen LogP contribution in [0.2, 0.25) is 0 Å². The topological polar surface area (TPSA) is 90.3 Å². The van der Waals surface area contributed by atoms with Gasteiger partial charge in [-0.1, -0.05) is 5.16 Å². The highest BCUT2D eigenvalue weighted by atomic mass is 16.5.